The van der Waals surface area contributed by atoms with Crippen LogP contribution in [0.2, 0.25) is 0 Å². The zero-order valence-electron chi connectivity index (χ0n) is 9.26. The highest BCUT2D eigenvalue weighted by Crippen LogP contribution is 2.31. The lowest BCUT2D eigenvalue weighted by molar-refractivity contribution is 0.0695. The van der Waals surface area contributed by atoms with Crippen LogP contribution in [0.5, 0.6) is 0 Å². The average Bonchev–Trinajstić information content (AvgIpc) is 2.99. The summed E-state index contributed by atoms with van der Waals surface area (Å²) < 4.78 is 10.2. The molecule has 84 valence electrons. The number of hydrogen-bond donors (Lipinski definition) is 1. The first-order valence-corrected chi connectivity index (χ1v) is 5.71. The van der Waals surface area contributed by atoms with Crippen LogP contribution in [0.4, 0.5) is 0 Å². The first-order chi connectivity index (χ1) is 6.93. The molecule has 0 spiro atoms. The molecule has 0 aromatic heterocycles. The quantitative estimate of drug-likeness (QED) is 0.542. The van der Waals surface area contributed by atoms with E-state index in [2.05, 4.69) is 5.32 Å². The van der Waals surface area contributed by atoms with E-state index in [-0.39, 0.29) is 0 Å². The smallest absolute Gasteiger partial charge is 0.0700 e. The molecule has 0 aromatic rings. The van der Waals surface area contributed by atoms with Gasteiger partial charge in [0.2, 0.25) is 0 Å². The standard InChI is InChI=1S/C11H23NO2/c1-13-9-10-14-8-2-6-12-7-5-11-3-4-11/h11-12H,2-10H2,1H3. The minimum atomic E-state index is 0.703. The molecule has 1 rings (SSSR count). The molecule has 0 aromatic carbocycles. The summed E-state index contributed by atoms with van der Waals surface area (Å²) in [6.45, 7) is 4.54. The molecule has 0 radical (unpaired) electrons. The van der Waals surface area contributed by atoms with Crippen molar-refractivity contribution < 1.29 is 9.47 Å². The van der Waals surface area contributed by atoms with Crippen LogP contribution in [0.3, 0.4) is 0 Å². The van der Waals surface area contributed by atoms with Crippen molar-refractivity contribution in [2.75, 3.05) is 40.0 Å². The van der Waals surface area contributed by atoms with Gasteiger partial charge in [0.15, 0.2) is 0 Å². The van der Waals surface area contributed by atoms with Crippen LogP contribution in [0.15, 0.2) is 0 Å². The Morgan fingerprint density at radius 3 is 2.71 bits per heavy atom. The third-order valence-corrected chi connectivity index (χ3v) is 2.50. The van der Waals surface area contributed by atoms with Gasteiger partial charge in [0.05, 0.1) is 13.2 Å². The number of nitrogens with one attached hydrogen (secondary N) is 1. The van der Waals surface area contributed by atoms with Crippen LogP contribution in [-0.2, 0) is 9.47 Å². The van der Waals surface area contributed by atoms with Crippen LogP contribution in [0, 0.1) is 5.92 Å². The molecule has 0 saturated heterocycles. The Hall–Kier alpha value is -0.120. The second-order valence-corrected chi connectivity index (χ2v) is 3.94. The monoisotopic (exact) mass is 201 g/mol. The van der Waals surface area contributed by atoms with Crippen molar-refractivity contribution in [3.05, 3.63) is 0 Å². The van der Waals surface area contributed by atoms with Crippen LogP contribution in [0.25, 0.3) is 0 Å². The lowest BCUT2D eigenvalue weighted by atomic mass is 10.3. The average molecular weight is 201 g/mol. The highest BCUT2D eigenvalue weighted by Gasteiger charge is 2.19. The number of hydrogen-bond acceptors (Lipinski definition) is 3. The zero-order valence-corrected chi connectivity index (χ0v) is 9.26. The van der Waals surface area contributed by atoms with Gasteiger partial charge < -0.3 is 14.8 Å². The molecule has 1 fully saturated rings. The van der Waals surface area contributed by atoms with Crippen molar-refractivity contribution in [1.29, 1.82) is 0 Å². The predicted octanol–water partition coefficient (Wildman–Crippen LogP) is 1.43. The van der Waals surface area contributed by atoms with Gasteiger partial charge in [-0.15, -0.1) is 0 Å². The minimum Gasteiger partial charge on any atom is -0.382 e. The normalized spacial score (nSPS) is 16.1. The van der Waals surface area contributed by atoms with E-state index >= 15 is 0 Å². The Morgan fingerprint density at radius 1 is 1.14 bits per heavy atom. The summed E-state index contributed by atoms with van der Waals surface area (Å²) in [6, 6.07) is 0. The Morgan fingerprint density at radius 2 is 2.00 bits per heavy atom. The Labute approximate surface area is 87.2 Å². The molecule has 1 saturated carbocycles. The molecule has 0 bridgehead atoms. The van der Waals surface area contributed by atoms with Gasteiger partial charge in [-0.3, -0.25) is 0 Å². The Kier molecular flexibility index (Phi) is 7.01. The van der Waals surface area contributed by atoms with Crippen LogP contribution < -0.4 is 5.32 Å². The van der Waals surface area contributed by atoms with Gasteiger partial charge in [0.1, 0.15) is 0 Å². The number of ether oxygens (including phenoxy) is 2. The molecule has 0 atom stereocenters. The van der Waals surface area contributed by atoms with E-state index in [1.165, 1.54) is 25.8 Å². The van der Waals surface area contributed by atoms with Gasteiger partial charge in [-0.2, -0.15) is 0 Å². The van der Waals surface area contributed by atoms with Crippen LogP contribution >= 0.6 is 0 Å². The SMILES string of the molecule is COCCOCCCNCCC1CC1. The summed E-state index contributed by atoms with van der Waals surface area (Å²) in [7, 11) is 1.70. The molecule has 0 unspecified atom stereocenters. The molecule has 14 heavy (non-hydrogen) atoms. The molecule has 1 aliphatic carbocycles. The van der Waals surface area contributed by atoms with Crippen molar-refractivity contribution in [3.63, 3.8) is 0 Å². The summed E-state index contributed by atoms with van der Waals surface area (Å²) in [4.78, 5) is 0. The second kappa shape index (κ2) is 8.21. The Bertz CT molecular complexity index is 126. The fourth-order valence-corrected chi connectivity index (χ4v) is 1.38. The lowest BCUT2D eigenvalue weighted by Crippen LogP contribution is -2.18. The molecular formula is C11H23NO2. The van der Waals surface area contributed by atoms with Crippen LogP contribution in [0.1, 0.15) is 25.7 Å². The summed E-state index contributed by atoms with van der Waals surface area (Å²) in [5.74, 6) is 1.04. The second-order valence-electron chi connectivity index (χ2n) is 3.94. The van der Waals surface area contributed by atoms with Crippen molar-refractivity contribution in [1.82, 2.24) is 5.32 Å². The summed E-state index contributed by atoms with van der Waals surface area (Å²) in [5, 5.41) is 3.44. The zero-order chi connectivity index (χ0) is 10.1. The summed E-state index contributed by atoms with van der Waals surface area (Å²) >= 11 is 0. The van der Waals surface area contributed by atoms with E-state index in [9.17, 15) is 0 Å². The maximum Gasteiger partial charge on any atom is 0.0700 e. The van der Waals surface area contributed by atoms with Gasteiger partial charge in [-0.25, -0.2) is 0 Å². The van der Waals surface area contributed by atoms with E-state index in [0.29, 0.717) is 6.61 Å². The topological polar surface area (TPSA) is 30.5 Å². The molecule has 0 amide bonds. The third-order valence-electron chi connectivity index (χ3n) is 2.50. The van der Waals surface area contributed by atoms with E-state index in [1.807, 2.05) is 0 Å². The maximum atomic E-state index is 5.35. The number of methoxy groups -OCH3 is 1. The van der Waals surface area contributed by atoms with Crippen molar-refractivity contribution >= 4 is 0 Å². The van der Waals surface area contributed by atoms with Gasteiger partial charge in [-0.05, 0) is 31.8 Å². The Balaban J connectivity index is 1.63. The molecule has 0 heterocycles. The molecule has 3 heteroatoms. The first-order valence-electron chi connectivity index (χ1n) is 5.71. The van der Waals surface area contributed by atoms with Gasteiger partial charge in [0.25, 0.3) is 0 Å². The molecule has 3 nitrogen and oxygen atoms in total. The van der Waals surface area contributed by atoms with Gasteiger partial charge >= 0.3 is 0 Å². The fourth-order valence-electron chi connectivity index (χ4n) is 1.38. The molecular weight excluding hydrogens is 178 g/mol. The van der Waals surface area contributed by atoms with E-state index in [0.717, 1.165) is 32.1 Å². The highest BCUT2D eigenvalue weighted by atomic mass is 16.5. The van der Waals surface area contributed by atoms with E-state index in [4.69, 9.17) is 9.47 Å². The third kappa shape index (κ3) is 7.30. The van der Waals surface area contributed by atoms with E-state index < -0.39 is 0 Å². The molecule has 1 aliphatic rings. The maximum absolute atomic E-state index is 5.35. The van der Waals surface area contributed by atoms with Gasteiger partial charge in [-0.1, -0.05) is 12.8 Å². The summed E-state index contributed by atoms with van der Waals surface area (Å²) in [6.07, 6.45) is 5.39. The largest absolute Gasteiger partial charge is 0.382 e. The number of rotatable bonds is 10. The fraction of sp³-hybridized carbons (Fsp3) is 1.00. The van der Waals surface area contributed by atoms with Crippen molar-refractivity contribution in [3.8, 4) is 0 Å². The molecule has 0 aliphatic heterocycles. The minimum absolute atomic E-state index is 0.703. The highest BCUT2D eigenvalue weighted by molar-refractivity contribution is 4.73. The predicted molar refractivity (Wildman–Crippen MR) is 57.5 cm³/mol. The summed E-state index contributed by atoms with van der Waals surface area (Å²) in [5.41, 5.74) is 0. The van der Waals surface area contributed by atoms with Gasteiger partial charge in [0, 0.05) is 13.7 Å². The first kappa shape index (κ1) is 12.0. The van der Waals surface area contributed by atoms with E-state index in [1.54, 1.807) is 7.11 Å². The lowest BCUT2D eigenvalue weighted by Gasteiger charge is -2.05. The van der Waals surface area contributed by atoms with Crippen molar-refractivity contribution in [2.45, 2.75) is 25.7 Å². The van der Waals surface area contributed by atoms with Crippen LogP contribution in [-0.4, -0.2) is 40.0 Å². The molecule has 1 N–H and O–H groups in total. The van der Waals surface area contributed by atoms with Crippen molar-refractivity contribution in [2.24, 2.45) is 5.92 Å².